The summed E-state index contributed by atoms with van der Waals surface area (Å²) in [5.41, 5.74) is 1.88. The molecule has 1 aromatic carbocycles. The molecule has 0 unspecified atom stereocenters. The molecule has 1 saturated carbocycles. The molecule has 0 aromatic heterocycles. The van der Waals surface area contributed by atoms with E-state index in [4.69, 9.17) is 0 Å². The van der Waals surface area contributed by atoms with Crippen LogP contribution in [0, 0.1) is 0 Å². The smallest absolute Gasteiger partial charge is 0.233 e. The van der Waals surface area contributed by atoms with Gasteiger partial charge in [0.1, 0.15) is 6.42 Å². The molecule has 4 heteroatoms. The number of carbonyl (C=O) groups excluding carboxylic acids is 2. The van der Waals surface area contributed by atoms with Crippen molar-refractivity contribution < 1.29 is 9.59 Å². The van der Waals surface area contributed by atoms with Crippen molar-refractivity contribution in [2.75, 3.05) is 5.32 Å². The molecule has 0 radical (unpaired) electrons. The number of rotatable bonds is 5. The van der Waals surface area contributed by atoms with Crippen LogP contribution in [-0.2, 0) is 16.0 Å². The number of carbonyl (C=O) groups is 2. The van der Waals surface area contributed by atoms with Crippen molar-refractivity contribution in [1.29, 1.82) is 0 Å². The first-order valence-electron chi connectivity index (χ1n) is 7.86. The molecule has 1 aromatic rings. The third kappa shape index (κ3) is 4.88. The van der Waals surface area contributed by atoms with Gasteiger partial charge in [0.05, 0.1) is 0 Å². The number of hydrogen-bond acceptors (Lipinski definition) is 2. The average molecular weight is 288 g/mol. The van der Waals surface area contributed by atoms with Crippen LogP contribution in [-0.4, -0.2) is 17.9 Å². The molecule has 2 amide bonds. The summed E-state index contributed by atoms with van der Waals surface area (Å²) in [4.78, 5) is 23.9. The molecule has 0 bridgehead atoms. The monoisotopic (exact) mass is 288 g/mol. The van der Waals surface area contributed by atoms with Crippen LogP contribution >= 0.6 is 0 Å². The Bertz CT molecular complexity index is 493. The standard InChI is InChI=1S/C17H24N2O2/c1-2-13-8-6-7-11-15(13)19-17(21)12-16(20)18-14-9-4-3-5-10-14/h6-8,11,14H,2-5,9-10,12H2,1H3,(H,18,20)(H,19,21). The lowest BCUT2D eigenvalue weighted by Crippen LogP contribution is -2.37. The lowest BCUT2D eigenvalue weighted by molar-refractivity contribution is -0.127. The fraction of sp³-hybridized carbons (Fsp3) is 0.529. The van der Waals surface area contributed by atoms with Crippen LogP contribution in [0.5, 0.6) is 0 Å². The predicted octanol–water partition coefficient (Wildman–Crippen LogP) is 3.03. The number of amides is 2. The van der Waals surface area contributed by atoms with Gasteiger partial charge in [-0.2, -0.15) is 0 Å². The maximum Gasteiger partial charge on any atom is 0.233 e. The maximum atomic E-state index is 12.0. The lowest BCUT2D eigenvalue weighted by Gasteiger charge is -2.22. The van der Waals surface area contributed by atoms with Crippen LogP contribution in [0.4, 0.5) is 5.69 Å². The summed E-state index contributed by atoms with van der Waals surface area (Å²) in [6.45, 7) is 2.04. The largest absolute Gasteiger partial charge is 0.353 e. The summed E-state index contributed by atoms with van der Waals surface area (Å²) in [6.07, 6.45) is 6.40. The Hall–Kier alpha value is -1.84. The maximum absolute atomic E-state index is 12.0. The molecule has 4 nitrogen and oxygen atoms in total. The topological polar surface area (TPSA) is 58.2 Å². The molecule has 1 aliphatic carbocycles. The molecule has 2 rings (SSSR count). The second-order valence-corrected chi connectivity index (χ2v) is 5.64. The first-order chi connectivity index (χ1) is 10.2. The van der Waals surface area contributed by atoms with Crippen molar-refractivity contribution in [2.24, 2.45) is 0 Å². The SMILES string of the molecule is CCc1ccccc1NC(=O)CC(=O)NC1CCCCC1. The molecule has 0 atom stereocenters. The number of aryl methyl sites for hydroxylation is 1. The average Bonchev–Trinajstić information content (AvgIpc) is 2.48. The number of nitrogens with one attached hydrogen (secondary N) is 2. The first-order valence-corrected chi connectivity index (χ1v) is 7.86. The summed E-state index contributed by atoms with van der Waals surface area (Å²) >= 11 is 0. The highest BCUT2D eigenvalue weighted by molar-refractivity contribution is 6.03. The molecule has 0 heterocycles. The summed E-state index contributed by atoms with van der Waals surface area (Å²) < 4.78 is 0. The fourth-order valence-corrected chi connectivity index (χ4v) is 2.82. The van der Waals surface area contributed by atoms with Crippen molar-refractivity contribution in [3.05, 3.63) is 29.8 Å². The van der Waals surface area contributed by atoms with Crippen LogP contribution in [0.3, 0.4) is 0 Å². The van der Waals surface area contributed by atoms with Gasteiger partial charge in [-0.3, -0.25) is 9.59 Å². The minimum atomic E-state index is -0.246. The minimum Gasteiger partial charge on any atom is -0.353 e. The van der Waals surface area contributed by atoms with Gasteiger partial charge in [0.15, 0.2) is 0 Å². The molecule has 0 aliphatic heterocycles. The Labute approximate surface area is 126 Å². The molecule has 2 N–H and O–H groups in total. The predicted molar refractivity (Wildman–Crippen MR) is 84.1 cm³/mol. The van der Waals surface area contributed by atoms with Gasteiger partial charge in [0.25, 0.3) is 0 Å². The molecule has 0 saturated heterocycles. The minimum absolute atomic E-state index is 0.103. The van der Waals surface area contributed by atoms with Crippen molar-refractivity contribution >= 4 is 17.5 Å². The van der Waals surface area contributed by atoms with Crippen LogP contribution in [0.15, 0.2) is 24.3 Å². The zero-order chi connectivity index (χ0) is 15.1. The van der Waals surface area contributed by atoms with Gasteiger partial charge in [-0.15, -0.1) is 0 Å². The van der Waals surface area contributed by atoms with Gasteiger partial charge in [0, 0.05) is 11.7 Å². The lowest BCUT2D eigenvalue weighted by atomic mass is 9.95. The van der Waals surface area contributed by atoms with E-state index in [1.54, 1.807) is 0 Å². The van der Waals surface area contributed by atoms with Crippen LogP contribution < -0.4 is 10.6 Å². The Morgan fingerprint density at radius 2 is 1.81 bits per heavy atom. The van der Waals surface area contributed by atoms with Crippen molar-refractivity contribution in [2.45, 2.75) is 57.9 Å². The Balaban J connectivity index is 1.82. The molecule has 1 aliphatic rings. The normalized spacial score (nSPS) is 15.5. The van der Waals surface area contributed by atoms with E-state index < -0.39 is 0 Å². The number of anilines is 1. The zero-order valence-corrected chi connectivity index (χ0v) is 12.7. The summed E-state index contributed by atoms with van der Waals surface area (Å²) in [5.74, 6) is -0.419. The molecular formula is C17H24N2O2. The van der Waals surface area contributed by atoms with E-state index in [1.165, 1.54) is 19.3 Å². The van der Waals surface area contributed by atoms with E-state index in [1.807, 2.05) is 31.2 Å². The van der Waals surface area contributed by atoms with Crippen LogP contribution in [0.2, 0.25) is 0 Å². The Morgan fingerprint density at radius 1 is 1.10 bits per heavy atom. The van der Waals surface area contributed by atoms with E-state index in [-0.39, 0.29) is 24.3 Å². The molecule has 1 fully saturated rings. The molecule has 114 valence electrons. The molecule has 0 spiro atoms. The van der Waals surface area contributed by atoms with E-state index in [9.17, 15) is 9.59 Å². The second kappa shape index (κ2) is 7.81. The summed E-state index contributed by atoms with van der Waals surface area (Å²) in [7, 11) is 0. The van der Waals surface area contributed by atoms with E-state index in [2.05, 4.69) is 10.6 Å². The number of benzene rings is 1. The first kappa shape index (κ1) is 15.5. The molecular weight excluding hydrogens is 264 g/mol. The van der Waals surface area contributed by atoms with Gasteiger partial charge >= 0.3 is 0 Å². The van der Waals surface area contributed by atoms with E-state index in [0.29, 0.717) is 0 Å². The third-order valence-corrected chi connectivity index (χ3v) is 3.96. The van der Waals surface area contributed by atoms with E-state index >= 15 is 0 Å². The van der Waals surface area contributed by atoms with Gasteiger partial charge < -0.3 is 10.6 Å². The number of para-hydroxylation sites is 1. The van der Waals surface area contributed by atoms with Crippen molar-refractivity contribution in [3.8, 4) is 0 Å². The van der Waals surface area contributed by atoms with E-state index in [0.717, 1.165) is 30.5 Å². The highest BCUT2D eigenvalue weighted by Gasteiger charge is 2.17. The van der Waals surface area contributed by atoms with Gasteiger partial charge in [-0.1, -0.05) is 44.4 Å². The highest BCUT2D eigenvalue weighted by Crippen LogP contribution is 2.18. The Morgan fingerprint density at radius 3 is 2.52 bits per heavy atom. The third-order valence-electron chi connectivity index (χ3n) is 3.96. The fourth-order valence-electron chi connectivity index (χ4n) is 2.82. The van der Waals surface area contributed by atoms with Crippen molar-refractivity contribution in [1.82, 2.24) is 5.32 Å². The second-order valence-electron chi connectivity index (χ2n) is 5.64. The molecule has 21 heavy (non-hydrogen) atoms. The van der Waals surface area contributed by atoms with Gasteiger partial charge in [0.2, 0.25) is 11.8 Å². The number of hydrogen-bond donors (Lipinski definition) is 2. The summed E-state index contributed by atoms with van der Waals surface area (Å²) in [6, 6.07) is 7.94. The van der Waals surface area contributed by atoms with Gasteiger partial charge in [-0.05, 0) is 30.9 Å². The van der Waals surface area contributed by atoms with Crippen LogP contribution in [0.25, 0.3) is 0 Å². The summed E-state index contributed by atoms with van der Waals surface area (Å²) in [5, 5.41) is 5.79. The quantitative estimate of drug-likeness (QED) is 0.818. The van der Waals surface area contributed by atoms with Crippen LogP contribution in [0.1, 0.15) is 51.0 Å². The highest BCUT2D eigenvalue weighted by atomic mass is 16.2. The Kier molecular flexibility index (Phi) is 5.78. The zero-order valence-electron chi connectivity index (χ0n) is 12.7. The van der Waals surface area contributed by atoms with Gasteiger partial charge in [-0.25, -0.2) is 0 Å². The van der Waals surface area contributed by atoms with Crippen molar-refractivity contribution in [3.63, 3.8) is 0 Å².